The summed E-state index contributed by atoms with van der Waals surface area (Å²) in [5.74, 6) is 2.31. The third-order valence-corrected chi connectivity index (χ3v) is 8.66. The van der Waals surface area contributed by atoms with Crippen LogP contribution in [0.1, 0.15) is 61.9 Å². The highest BCUT2D eigenvalue weighted by Crippen LogP contribution is 2.36. The molecule has 0 radical (unpaired) electrons. The van der Waals surface area contributed by atoms with Crippen molar-refractivity contribution in [3.05, 3.63) is 53.7 Å². The van der Waals surface area contributed by atoms with E-state index in [4.69, 9.17) is 16.3 Å². The number of aromatic amines is 1. The molecule has 0 spiro atoms. The lowest BCUT2D eigenvalue weighted by Crippen LogP contribution is -2.23. The summed E-state index contributed by atoms with van der Waals surface area (Å²) in [4.78, 5) is 30.0. The highest BCUT2D eigenvalue weighted by Gasteiger charge is 2.28. The van der Waals surface area contributed by atoms with Crippen LogP contribution in [0.5, 0.6) is 0 Å². The molecule has 204 valence electrons. The van der Waals surface area contributed by atoms with Crippen molar-refractivity contribution < 1.29 is 9.53 Å². The summed E-state index contributed by atoms with van der Waals surface area (Å²) < 4.78 is 7.37. The van der Waals surface area contributed by atoms with Crippen molar-refractivity contribution in [2.24, 2.45) is 24.8 Å². The average molecular weight is 547 g/mol. The predicted molar refractivity (Wildman–Crippen MR) is 153 cm³/mol. The maximum absolute atomic E-state index is 13.4. The monoisotopic (exact) mass is 546 g/mol. The first kappa shape index (κ1) is 26.0. The highest BCUT2D eigenvalue weighted by atomic mass is 35.5. The van der Waals surface area contributed by atoms with Gasteiger partial charge in [0.15, 0.2) is 5.78 Å². The molecule has 2 fully saturated rings. The molecule has 0 atom stereocenters. The molecule has 2 N–H and O–H groups in total. The molecule has 2 aliphatic rings. The summed E-state index contributed by atoms with van der Waals surface area (Å²) in [6, 6.07) is 7.55. The minimum absolute atomic E-state index is 0.0801. The second-order valence-electron chi connectivity index (χ2n) is 11.1. The third kappa shape index (κ3) is 6.02. The van der Waals surface area contributed by atoms with E-state index in [0.29, 0.717) is 16.7 Å². The second kappa shape index (κ2) is 11.5. The van der Waals surface area contributed by atoms with Crippen molar-refractivity contribution in [2.75, 3.05) is 18.5 Å². The van der Waals surface area contributed by atoms with Crippen LogP contribution in [-0.2, 0) is 11.8 Å². The number of anilines is 2. The topological polar surface area (TPSA) is 97.7 Å². The molecule has 1 saturated carbocycles. The third-order valence-electron chi connectivity index (χ3n) is 8.37. The van der Waals surface area contributed by atoms with Gasteiger partial charge in [-0.1, -0.05) is 24.4 Å². The zero-order valence-electron chi connectivity index (χ0n) is 22.3. The summed E-state index contributed by atoms with van der Waals surface area (Å²) >= 11 is 6.64. The Morgan fingerprint density at radius 2 is 1.82 bits per heavy atom. The molecular formula is C30H35ClN6O2. The van der Waals surface area contributed by atoms with Crippen molar-refractivity contribution in [1.82, 2.24) is 24.5 Å². The van der Waals surface area contributed by atoms with E-state index in [1.807, 2.05) is 42.1 Å². The van der Waals surface area contributed by atoms with Crippen LogP contribution in [-0.4, -0.2) is 43.5 Å². The van der Waals surface area contributed by atoms with Gasteiger partial charge in [-0.25, -0.2) is 15.0 Å². The van der Waals surface area contributed by atoms with Crippen molar-refractivity contribution in [3.63, 3.8) is 0 Å². The van der Waals surface area contributed by atoms with Crippen molar-refractivity contribution >= 4 is 39.9 Å². The number of Topliss-reactive ketones (excluding diaryl/α,β-unsaturated/α-hetero) is 1. The van der Waals surface area contributed by atoms with E-state index < -0.39 is 0 Å². The minimum Gasteiger partial charge on any atom is -0.381 e. The lowest BCUT2D eigenvalue weighted by molar-refractivity contribution is 0.0604. The first-order valence-electron chi connectivity index (χ1n) is 14.0. The van der Waals surface area contributed by atoms with Crippen LogP contribution in [0.3, 0.4) is 0 Å². The number of nitrogens with one attached hydrogen (secondary N) is 2. The number of ketones is 1. The van der Waals surface area contributed by atoms with Gasteiger partial charge in [0.25, 0.3) is 0 Å². The number of ether oxygens (including phenoxy) is 1. The molecule has 4 aromatic rings. The number of fused-ring (bicyclic) bond motifs is 1. The first-order chi connectivity index (χ1) is 19.0. The predicted octanol–water partition coefficient (Wildman–Crippen LogP) is 6.95. The zero-order chi connectivity index (χ0) is 26.8. The molecule has 9 heteroatoms. The number of imidazole rings is 1. The lowest BCUT2D eigenvalue weighted by Gasteiger charge is -2.29. The molecule has 0 bridgehead atoms. The number of rotatable bonds is 8. The number of benzene rings is 1. The van der Waals surface area contributed by atoms with Gasteiger partial charge in [-0.15, -0.1) is 0 Å². The van der Waals surface area contributed by atoms with Crippen LogP contribution < -0.4 is 5.32 Å². The number of hydrogen-bond acceptors (Lipinski definition) is 6. The van der Waals surface area contributed by atoms with Crippen molar-refractivity contribution in [3.8, 4) is 11.4 Å². The number of H-pyrrole nitrogens is 1. The van der Waals surface area contributed by atoms with Gasteiger partial charge in [-0.3, -0.25) is 4.79 Å². The van der Waals surface area contributed by atoms with E-state index in [1.54, 1.807) is 12.5 Å². The van der Waals surface area contributed by atoms with Crippen LogP contribution in [0.2, 0.25) is 5.02 Å². The van der Waals surface area contributed by atoms with Crippen LogP contribution in [0.15, 0.2) is 43.0 Å². The smallest absolute Gasteiger partial charge is 0.227 e. The fourth-order valence-electron chi connectivity index (χ4n) is 6.08. The summed E-state index contributed by atoms with van der Waals surface area (Å²) in [6.45, 7) is 1.84. The molecule has 3 aromatic heterocycles. The molecule has 1 saturated heterocycles. The zero-order valence-corrected chi connectivity index (χ0v) is 23.1. The number of carbonyl (C=O) groups excluding carboxylic acids is 1. The fraction of sp³-hybridized carbons (Fsp3) is 0.467. The molecule has 1 aromatic carbocycles. The van der Waals surface area contributed by atoms with E-state index >= 15 is 0 Å². The Bertz CT molecular complexity index is 1450. The SMILES string of the molecule is Cn1cnc(-c2ccnc(Nc3cc(Cl)c4[nH]c(C(=O)C5CCC(CCC6CCOCC6)CC5)cc4c3)n2)c1. The molecule has 0 amide bonds. The summed E-state index contributed by atoms with van der Waals surface area (Å²) in [6.07, 6.45) is 14.6. The Morgan fingerprint density at radius 1 is 1.05 bits per heavy atom. The van der Waals surface area contributed by atoms with E-state index in [-0.39, 0.29) is 11.7 Å². The van der Waals surface area contributed by atoms with Crippen LogP contribution >= 0.6 is 11.6 Å². The summed E-state index contributed by atoms with van der Waals surface area (Å²) in [7, 11) is 1.92. The molecule has 1 aliphatic carbocycles. The van der Waals surface area contributed by atoms with E-state index in [1.165, 1.54) is 25.7 Å². The summed E-state index contributed by atoms with van der Waals surface area (Å²) in [5.41, 5.74) is 3.68. The molecular weight excluding hydrogens is 512 g/mol. The first-order valence-corrected chi connectivity index (χ1v) is 14.4. The number of hydrogen-bond donors (Lipinski definition) is 2. The number of halogens is 1. The van der Waals surface area contributed by atoms with E-state index in [0.717, 1.165) is 78.7 Å². The number of aromatic nitrogens is 5. The van der Waals surface area contributed by atoms with Gasteiger partial charge in [0.1, 0.15) is 5.69 Å². The molecule has 39 heavy (non-hydrogen) atoms. The molecule has 4 heterocycles. The molecule has 0 unspecified atom stereocenters. The largest absolute Gasteiger partial charge is 0.381 e. The van der Waals surface area contributed by atoms with Crippen LogP contribution in [0.25, 0.3) is 22.3 Å². The van der Waals surface area contributed by atoms with Gasteiger partial charge in [0.05, 0.1) is 28.3 Å². The Hall–Kier alpha value is -3.23. The van der Waals surface area contributed by atoms with Gasteiger partial charge in [-0.05, 0) is 74.6 Å². The molecule has 8 nitrogen and oxygen atoms in total. The van der Waals surface area contributed by atoms with Crippen LogP contribution in [0, 0.1) is 17.8 Å². The van der Waals surface area contributed by atoms with Crippen molar-refractivity contribution in [2.45, 2.75) is 51.4 Å². The van der Waals surface area contributed by atoms with Crippen molar-refractivity contribution in [1.29, 1.82) is 0 Å². The number of nitrogens with zero attached hydrogens (tertiary/aromatic N) is 4. The van der Waals surface area contributed by atoms with Gasteiger partial charge in [-0.2, -0.15) is 0 Å². The Balaban J connectivity index is 1.10. The molecule has 6 rings (SSSR count). The lowest BCUT2D eigenvalue weighted by atomic mass is 9.76. The maximum Gasteiger partial charge on any atom is 0.227 e. The standard InChI is InChI=1S/C30H35ClN6O2/c1-37-17-27(33-18-37)25-8-11-32-30(36-25)34-23-14-22-15-26(35-28(22)24(31)16-23)29(38)21-6-4-19(5-7-21)2-3-20-9-12-39-13-10-20/h8,11,14-21,35H,2-7,9-10,12-13H2,1H3,(H,32,34,36). The normalized spacial score (nSPS) is 20.4. The molecule has 1 aliphatic heterocycles. The summed E-state index contributed by atoms with van der Waals surface area (Å²) in [5, 5.41) is 4.69. The highest BCUT2D eigenvalue weighted by molar-refractivity contribution is 6.35. The quantitative estimate of drug-likeness (QED) is 0.232. The Labute approximate surface area is 233 Å². The van der Waals surface area contributed by atoms with Gasteiger partial charge >= 0.3 is 0 Å². The second-order valence-corrected chi connectivity index (χ2v) is 11.5. The Morgan fingerprint density at radius 3 is 2.56 bits per heavy atom. The average Bonchev–Trinajstić information content (AvgIpc) is 3.59. The fourth-order valence-corrected chi connectivity index (χ4v) is 6.35. The van der Waals surface area contributed by atoms with Gasteiger partial charge < -0.3 is 19.6 Å². The van der Waals surface area contributed by atoms with Gasteiger partial charge in [0, 0.05) is 49.6 Å². The number of carbonyl (C=O) groups is 1. The Kier molecular flexibility index (Phi) is 7.66. The van der Waals surface area contributed by atoms with Gasteiger partial charge in [0.2, 0.25) is 5.95 Å². The van der Waals surface area contributed by atoms with Crippen LogP contribution in [0.4, 0.5) is 11.6 Å². The maximum atomic E-state index is 13.4. The number of aryl methyl sites for hydroxylation is 1. The minimum atomic E-state index is 0.0801. The van der Waals surface area contributed by atoms with E-state index in [9.17, 15) is 4.79 Å². The van der Waals surface area contributed by atoms with E-state index in [2.05, 4.69) is 25.3 Å².